The van der Waals surface area contributed by atoms with Crippen molar-refractivity contribution in [1.82, 2.24) is 9.62 Å². The third kappa shape index (κ3) is 4.90. The van der Waals surface area contributed by atoms with Crippen molar-refractivity contribution < 1.29 is 22.7 Å². The Labute approximate surface area is 154 Å². The molecule has 0 aromatic heterocycles. The molecule has 1 aromatic rings. The second-order valence-corrected chi connectivity index (χ2v) is 8.56. The molecule has 1 N–H and O–H groups in total. The standard InChI is InChI=1S/C18H26N2O5S/c1-13(12-25-3)19-18(22)16-8-10-20(11-9-16)26(23,24)17-6-4-15(5-7-17)14(2)21/h4-7,13,16H,8-12H2,1-3H3,(H,19,22). The molecule has 1 atom stereocenters. The van der Waals surface area contributed by atoms with Crippen LogP contribution in [0, 0.1) is 5.92 Å². The lowest BCUT2D eigenvalue weighted by atomic mass is 9.97. The van der Waals surface area contributed by atoms with Gasteiger partial charge in [0, 0.05) is 37.7 Å². The first-order valence-electron chi connectivity index (χ1n) is 8.66. The topological polar surface area (TPSA) is 92.8 Å². The number of carbonyl (C=O) groups excluding carboxylic acids is 2. The number of methoxy groups -OCH3 is 1. The maximum absolute atomic E-state index is 12.7. The van der Waals surface area contributed by atoms with E-state index in [2.05, 4.69) is 5.32 Å². The van der Waals surface area contributed by atoms with E-state index in [0.29, 0.717) is 38.1 Å². The minimum absolute atomic E-state index is 0.0580. The highest BCUT2D eigenvalue weighted by molar-refractivity contribution is 7.89. The molecule has 1 unspecified atom stereocenters. The van der Waals surface area contributed by atoms with E-state index in [1.807, 2.05) is 6.92 Å². The molecule has 26 heavy (non-hydrogen) atoms. The van der Waals surface area contributed by atoms with Crippen LogP contribution in [-0.2, 0) is 19.6 Å². The Morgan fingerprint density at radius 2 is 1.81 bits per heavy atom. The van der Waals surface area contributed by atoms with Crippen LogP contribution in [0.4, 0.5) is 0 Å². The SMILES string of the molecule is COCC(C)NC(=O)C1CCN(S(=O)(=O)c2ccc(C(C)=O)cc2)CC1. The summed E-state index contributed by atoms with van der Waals surface area (Å²) < 4.78 is 31.9. The van der Waals surface area contributed by atoms with Gasteiger partial charge in [0.05, 0.1) is 11.5 Å². The summed E-state index contributed by atoms with van der Waals surface area (Å²) >= 11 is 0. The number of Topliss-reactive ketones (excluding diaryl/α,β-unsaturated/α-hetero) is 1. The largest absolute Gasteiger partial charge is 0.383 e. The predicted octanol–water partition coefficient (Wildman–Crippen LogP) is 1.44. The lowest BCUT2D eigenvalue weighted by Crippen LogP contribution is -2.45. The van der Waals surface area contributed by atoms with Gasteiger partial charge in [-0.2, -0.15) is 4.31 Å². The van der Waals surface area contributed by atoms with E-state index < -0.39 is 10.0 Å². The van der Waals surface area contributed by atoms with E-state index >= 15 is 0 Å². The fourth-order valence-electron chi connectivity index (χ4n) is 3.02. The molecule has 144 valence electrons. The van der Waals surface area contributed by atoms with Crippen LogP contribution in [0.5, 0.6) is 0 Å². The van der Waals surface area contributed by atoms with E-state index in [-0.39, 0.29) is 28.5 Å². The Kier molecular flexibility index (Phi) is 6.91. The summed E-state index contributed by atoms with van der Waals surface area (Å²) in [7, 11) is -2.04. The smallest absolute Gasteiger partial charge is 0.243 e. The molecule has 0 aliphatic carbocycles. The van der Waals surface area contributed by atoms with Crippen molar-refractivity contribution in [3.05, 3.63) is 29.8 Å². The molecule has 1 aliphatic rings. The lowest BCUT2D eigenvalue weighted by molar-refractivity contribution is -0.127. The zero-order valence-corrected chi connectivity index (χ0v) is 16.2. The molecule has 1 saturated heterocycles. The number of rotatable bonds is 7. The normalized spacial score (nSPS) is 17.7. The summed E-state index contributed by atoms with van der Waals surface area (Å²) in [6, 6.07) is 5.88. The van der Waals surface area contributed by atoms with Gasteiger partial charge < -0.3 is 10.1 Å². The molecule has 1 aromatic carbocycles. The summed E-state index contributed by atoms with van der Waals surface area (Å²) in [6.45, 7) is 4.34. The first kappa shape index (κ1) is 20.5. The minimum Gasteiger partial charge on any atom is -0.383 e. The van der Waals surface area contributed by atoms with Gasteiger partial charge >= 0.3 is 0 Å². The number of ether oxygens (including phenoxy) is 1. The summed E-state index contributed by atoms with van der Waals surface area (Å²) in [6.07, 6.45) is 0.965. The predicted molar refractivity (Wildman–Crippen MR) is 97.4 cm³/mol. The highest BCUT2D eigenvalue weighted by atomic mass is 32.2. The van der Waals surface area contributed by atoms with Crippen LogP contribution in [0.3, 0.4) is 0 Å². The number of piperidine rings is 1. The van der Waals surface area contributed by atoms with Gasteiger partial charge in [0.25, 0.3) is 0 Å². The average molecular weight is 382 g/mol. The Hall–Kier alpha value is -1.77. The Morgan fingerprint density at radius 1 is 1.23 bits per heavy atom. The van der Waals surface area contributed by atoms with Crippen LogP contribution in [0.1, 0.15) is 37.0 Å². The van der Waals surface area contributed by atoms with Crippen LogP contribution in [-0.4, -0.2) is 57.3 Å². The minimum atomic E-state index is -3.61. The maximum Gasteiger partial charge on any atom is 0.243 e. The molecule has 1 aliphatic heterocycles. The number of nitrogens with zero attached hydrogens (tertiary/aromatic N) is 1. The van der Waals surface area contributed by atoms with Gasteiger partial charge in [-0.3, -0.25) is 9.59 Å². The zero-order chi connectivity index (χ0) is 19.3. The van der Waals surface area contributed by atoms with Crippen molar-refractivity contribution in [2.45, 2.75) is 37.6 Å². The Morgan fingerprint density at radius 3 is 2.31 bits per heavy atom. The monoisotopic (exact) mass is 382 g/mol. The molecular weight excluding hydrogens is 356 g/mol. The van der Waals surface area contributed by atoms with E-state index in [9.17, 15) is 18.0 Å². The van der Waals surface area contributed by atoms with E-state index in [4.69, 9.17) is 4.74 Å². The maximum atomic E-state index is 12.7. The molecule has 1 amide bonds. The molecular formula is C18H26N2O5S. The highest BCUT2D eigenvalue weighted by Crippen LogP contribution is 2.24. The van der Waals surface area contributed by atoms with Gasteiger partial charge in [-0.15, -0.1) is 0 Å². The summed E-state index contributed by atoms with van der Waals surface area (Å²) in [5.74, 6) is -0.360. The van der Waals surface area contributed by atoms with E-state index in [1.165, 1.54) is 35.5 Å². The summed E-state index contributed by atoms with van der Waals surface area (Å²) in [4.78, 5) is 23.7. The third-order valence-electron chi connectivity index (χ3n) is 4.53. The van der Waals surface area contributed by atoms with Crippen molar-refractivity contribution in [2.24, 2.45) is 5.92 Å². The average Bonchev–Trinajstić information content (AvgIpc) is 2.62. The quantitative estimate of drug-likeness (QED) is 0.721. The number of hydrogen-bond donors (Lipinski definition) is 1. The van der Waals surface area contributed by atoms with Crippen molar-refractivity contribution in [2.75, 3.05) is 26.8 Å². The first-order chi connectivity index (χ1) is 12.3. The Balaban J connectivity index is 1.97. The number of amides is 1. The van der Waals surface area contributed by atoms with Crippen molar-refractivity contribution in [3.8, 4) is 0 Å². The van der Waals surface area contributed by atoms with Gasteiger partial charge in [-0.1, -0.05) is 12.1 Å². The number of ketones is 1. The molecule has 1 heterocycles. The molecule has 0 bridgehead atoms. The van der Waals surface area contributed by atoms with Crippen LogP contribution in [0.2, 0.25) is 0 Å². The van der Waals surface area contributed by atoms with Crippen LogP contribution < -0.4 is 5.32 Å². The number of carbonyl (C=O) groups is 2. The number of sulfonamides is 1. The molecule has 7 nitrogen and oxygen atoms in total. The number of benzene rings is 1. The Bertz CT molecular complexity index is 737. The van der Waals surface area contributed by atoms with Crippen molar-refractivity contribution >= 4 is 21.7 Å². The molecule has 0 saturated carbocycles. The van der Waals surface area contributed by atoms with Gasteiger partial charge in [0.15, 0.2) is 5.78 Å². The summed E-state index contributed by atoms with van der Waals surface area (Å²) in [5, 5.41) is 2.89. The zero-order valence-electron chi connectivity index (χ0n) is 15.4. The third-order valence-corrected chi connectivity index (χ3v) is 6.44. The molecule has 2 rings (SSSR count). The first-order valence-corrected chi connectivity index (χ1v) is 10.1. The van der Waals surface area contributed by atoms with Gasteiger partial charge in [0.2, 0.25) is 15.9 Å². The van der Waals surface area contributed by atoms with Gasteiger partial charge in [-0.25, -0.2) is 8.42 Å². The van der Waals surface area contributed by atoms with E-state index in [0.717, 1.165) is 0 Å². The van der Waals surface area contributed by atoms with Crippen LogP contribution in [0.25, 0.3) is 0 Å². The lowest BCUT2D eigenvalue weighted by Gasteiger charge is -2.31. The number of nitrogens with one attached hydrogen (secondary N) is 1. The second kappa shape index (κ2) is 8.75. The molecule has 8 heteroatoms. The molecule has 0 radical (unpaired) electrons. The van der Waals surface area contributed by atoms with Gasteiger partial charge in [-0.05, 0) is 38.8 Å². The van der Waals surface area contributed by atoms with E-state index in [1.54, 1.807) is 7.11 Å². The van der Waals surface area contributed by atoms with Crippen LogP contribution in [0.15, 0.2) is 29.2 Å². The number of hydrogen-bond acceptors (Lipinski definition) is 5. The van der Waals surface area contributed by atoms with Crippen LogP contribution >= 0.6 is 0 Å². The highest BCUT2D eigenvalue weighted by Gasteiger charge is 2.32. The van der Waals surface area contributed by atoms with Crippen molar-refractivity contribution in [3.63, 3.8) is 0 Å². The fraction of sp³-hybridized carbons (Fsp3) is 0.556. The fourth-order valence-corrected chi connectivity index (χ4v) is 4.49. The molecule has 1 fully saturated rings. The summed E-state index contributed by atoms with van der Waals surface area (Å²) in [5.41, 5.74) is 0.476. The van der Waals surface area contributed by atoms with Gasteiger partial charge in [0.1, 0.15) is 0 Å². The molecule has 0 spiro atoms. The second-order valence-electron chi connectivity index (χ2n) is 6.62. The van der Waals surface area contributed by atoms with Crippen molar-refractivity contribution in [1.29, 1.82) is 0 Å².